The van der Waals surface area contributed by atoms with Crippen molar-refractivity contribution in [2.75, 3.05) is 13.2 Å². The van der Waals surface area contributed by atoms with Gasteiger partial charge in [0.05, 0.1) is 11.9 Å². The van der Waals surface area contributed by atoms with Crippen LogP contribution in [0.1, 0.15) is 26.3 Å². The number of nitrogens with one attached hydrogen (secondary N) is 1. The molecule has 1 N–H and O–H groups in total. The molecule has 7 heteroatoms. The van der Waals surface area contributed by atoms with Crippen molar-refractivity contribution >= 4 is 6.09 Å². The maximum absolute atomic E-state index is 13.4. The van der Waals surface area contributed by atoms with Crippen LogP contribution in [0, 0.1) is 17.1 Å². The van der Waals surface area contributed by atoms with E-state index in [1.165, 1.54) is 12.1 Å². The second kappa shape index (κ2) is 8.13. The summed E-state index contributed by atoms with van der Waals surface area (Å²) in [4.78, 5) is 11.5. The van der Waals surface area contributed by atoms with Crippen molar-refractivity contribution in [3.05, 3.63) is 41.5 Å². The minimum atomic E-state index is -0.720. The molecule has 0 aromatic heterocycles. The Kier molecular flexibility index (Phi) is 6.51. The number of alkyl carbamates (subject to hydrolysis) is 1. The molecule has 0 aliphatic carbocycles. The number of ether oxygens (including phenoxy) is 2. The average molecular weight is 324 g/mol. The Labute approximate surface area is 133 Å². The summed E-state index contributed by atoms with van der Waals surface area (Å²) in [5.41, 5.74) is -0.619. The Morgan fingerprint density at radius 1 is 1.43 bits per heavy atom. The molecule has 0 heterocycles. The molecular weight excluding hydrogens is 306 g/mol. The highest BCUT2D eigenvalue weighted by molar-refractivity contribution is 5.68. The third kappa shape index (κ3) is 6.78. The monoisotopic (exact) mass is 324 g/mol. The average Bonchev–Trinajstić information content (AvgIpc) is 2.45. The van der Waals surface area contributed by atoms with Crippen molar-refractivity contribution in [1.82, 2.24) is 5.32 Å². The number of nitriles is 1. The Morgan fingerprint density at radius 3 is 2.65 bits per heavy atom. The van der Waals surface area contributed by atoms with Gasteiger partial charge in [-0.3, -0.25) is 0 Å². The van der Waals surface area contributed by atoms with E-state index in [2.05, 4.69) is 5.32 Å². The molecule has 0 bridgehead atoms. The summed E-state index contributed by atoms with van der Waals surface area (Å²) in [7, 11) is 0. The normalized spacial score (nSPS) is 11.6. The molecule has 0 saturated carbocycles. The molecule has 0 unspecified atom stereocenters. The summed E-state index contributed by atoms with van der Waals surface area (Å²) < 4.78 is 36.4. The summed E-state index contributed by atoms with van der Waals surface area (Å²) in [6.07, 6.45) is -0.376. The molecule has 0 aliphatic heterocycles. The predicted molar refractivity (Wildman–Crippen MR) is 80.0 cm³/mol. The molecule has 0 fully saturated rings. The van der Waals surface area contributed by atoms with E-state index in [9.17, 15) is 13.6 Å². The van der Waals surface area contributed by atoms with Gasteiger partial charge in [-0.15, -0.1) is 0 Å². The quantitative estimate of drug-likeness (QED) is 0.900. The lowest BCUT2D eigenvalue weighted by Crippen LogP contribution is -2.34. The lowest BCUT2D eigenvalue weighted by molar-refractivity contribution is 0.0531. The minimum absolute atomic E-state index is 0.106. The standard InChI is InChI=1S/C16H18F2N2O3/c1-16(2,3)23-15(21)20-9-11(7-17)10-22-13-5-4-12(8-19)14(18)6-13/h4-7H,9-10H2,1-3H3,(H,20,21)/b11-7+. The molecule has 1 aromatic rings. The third-order valence-electron chi connectivity index (χ3n) is 2.50. The Bertz CT molecular complexity index is 631. The van der Waals surface area contributed by atoms with E-state index >= 15 is 0 Å². The summed E-state index contributed by atoms with van der Waals surface area (Å²) in [5.74, 6) is -0.569. The van der Waals surface area contributed by atoms with Gasteiger partial charge in [-0.1, -0.05) is 0 Å². The van der Waals surface area contributed by atoms with Gasteiger partial charge in [0.25, 0.3) is 0 Å². The first-order valence-electron chi connectivity index (χ1n) is 6.82. The Morgan fingerprint density at radius 2 is 2.13 bits per heavy atom. The number of carbonyl (C=O) groups is 1. The molecule has 1 rings (SSSR count). The van der Waals surface area contributed by atoms with Crippen LogP contribution < -0.4 is 10.1 Å². The van der Waals surface area contributed by atoms with Crippen LogP contribution in [0.3, 0.4) is 0 Å². The fraction of sp³-hybridized carbons (Fsp3) is 0.375. The van der Waals surface area contributed by atoms with E-state index in [4.69, 9.17) is 14.7 Å². The second-order valence-electron chi connectivity index (χ2n) is 5.66. The van der Waals surface area contributed by atoms with Crippen LogP contribution in [0.25, 0.3) is 0 Å². The SMILES string of the molecule is CC(C)(C)OC(=O)NC/C(=C\F)COc1ccc(C#N)c(F)c1. The van der Waals surface area contributed by atoms with E-state index in [1.54, 1.807) is 26.8 Å². The van der Waals surface area contributed by atoms with Crippen LogP contribution >= 0.6 is 0 Å². The number of hydrogen-bond donors (Lipinski definition) is 1. The molecule has 0 radical (unpaired) electrons. The summed E-state index contributed by atoms with van der Waals surface area (Å²) in [6.45, 7) is 4.84. The first-order chi connectivity index (χ1) is 10.7. The van der Waals surface area contributed by atoms with Gasteiger partial charge < -0.3 is 14.8 Å². The number of nitrogens with zero attached hydrogens (tertiary/aromatic N) is 1. The maximum Gasteiger partial charge on any atom is 0.407 e. The fourth-order valence-corrected chi connectivity index (χ4v) is 1.47. The molecule has 1 amide bonds. The highest BCUT2D eigenvalue weighted by Crippen LogP contribution is 2.16. The number of hydrogen-bond acceptors (Lipinski definition) is 4. The number of benzene rings is 1. The van der Waals surface area contributed by atoms with Crippen LogP contribution in [0.4, 0.5) is 13.6 Å². The molecule has 0 spiro atoms. The van der Waals surface area contributed by atoms with Crippen molar-refractivity contribution in [2.45, 2.75) is 26.4 Å². The van der Waals surface area contributed by atoms with Crippen LogP contribution in [0.2, 0.25) is 0 Å². The van der Waals surface area contributed by atoms with Crippen LogP contribution in [-0.2, 0) is 4.74 Å². The lowest BCUT2D eigenvalue weighted by atomic mass is 10.2. The molecular formula is C16H18F2N2O3. The van der Waals surface area contributed by atoms with E-state index in [-0.39, 0.29) is 30.0 Å². The topological polar surface area (TPSA) is 71.3 Å². The van der Waals surface area contributed by atoms with Gasteiger partial charge in [0.15, 0.2) is 0 Å². The molecule has 0 saturated heterocycles. The number of halogens is 2. The zero-order valence-electron chi connectivity index (χ0n) is 13.2. The Hall–Kier alpha value is -2.62. The first-order valence-corrected chi connectivity index (χ1v) is 6.82. The highest BCUT2D eigenvalue weighted by Gasteiger charge is 2.16. The number of carbonyl (C=O) groups excluding carboxylic acids is 1. The number of rotatable bonds is 5. The van der Waals surface area contributed by atoms with E-state index in [0.29, 0.717) is 6.33 Å². The van der Waals surface area contributed by atoms with Crippen LogP contribution in [-0.4, -0.2) is 24.8 Å². The molecule has 0 atom stereocenters. The zero-order valence-corrected chi connectivity index (χ0v) is 13.2. The number of amides is 1. The van der Waals surface area contributed by atoms with Gasteiger partial charge in [0.1, 0.15) is 29.8 Å². The van der Waals surface area contributed by atoms with Gasteiger partial charge >= 0.3 is 6.09 Å². The maximum atomic E-state index is 13.4. The van der Waals surface area contributed by atoms with Gasteiger partial charge in [0.2, 0.25) is 0 Å². The van der Waals surface area contributed by atoms with Gasteiger partial charge in [-0.2, -0.15) is 5.26 Å². The Balaban J connectivity index is 2.50. The van der Waals surface area contributed by atoms with Crippen LogP contribution in [0.15, 0.2) is 30.1 Å². The van der Waals surface area contributed by atoms with E-state index in [0.717, 1.165) is 6.07 Å². The molecule has 23 heavy (non-hydrogen) atoms. The van der Waals surface area contributed by atoms with Crippen molar-refractivity contribution in [3.63, 3.8) is 0 Å². The van der Waals surface area contributed by atoms with E-state index < -0.39 is 17.5 Å². The van der Waals surface area contributed by atoms with Crippen molar-refractivity contribution in [2.24, 2.45) is 0 Å². The lowest BCUT2D eigenvalue weighted by Gasteiger charge is -2.20. The van der Waals surface area contributed by atoms with Gasteiger partial charge in [-0.05, 0) is 32.9 Å². The molecule has 5 nitrogen and oxygen atoms in total. The first kappa shape index (κ1) is 18.4. The molecule has 1 aromatic carbocycles. The third-order valence-corrected chi connectivity index (χ3v) is 2.50. The van der Waals surface area contributed by atoms with Crippen molar-refractivity contribution in [1.29, 1.82) is 5.26 Å². The minimum Gasteiger partial charge on any atom is -0.489 e. The summed E-state index contributed by atoms with van der Waals surface area (Å²) >= 11 is 0. The van der Waals surface area contributed by atoms with Gasteiger partial charge in [-0.25, -0.2) is 13.6 Å². The van der Waals surface area contributed by atoms with Crippen LogP contribution in [0.5, 0.6) is 5.75 Å². The largest absolute Gasteiger partial charge is 0.489 e. The fourth-order valence-electron chi connectivity index (χ4n) is 1.47. The van der Waals surface area contributed by atoms with Crippen molar-refractivity contribution < 1.29 is 23.0 Å². The summed E-state index contributed by atoms with van der Waals surface area (Å²) in [5, 5.41) is 11.0. The zero-order chi connectivity index (χ0) is 17.5. The van der Waals surface area contributed by atoms with Crippen molar-refractivity contribution in [3.8, 4) is 11.8 Å². The molecule has 124 valence electrons. The predicted octanol–water partition coefficient (Wildman–Crippen LogP) is 3.45. The summed E-state index contributed by atoms with van der Waals surface area (Å²) in [6, 6.07) is 5.39. The smallest absolute Gasteiger partial charge is 0.407 e. The van der Waals surface area contributed by atoms with E-state index in [1.807, 2.05) is 0 Å². The second-order valence-corrected chi connectivity index (χ2v) is 5.66. The highest BCUT2D eigenvalue weighted by atomic mass is 19.1. The van der Waals surface area contributed by atoms with Gasteiger partial charge in [0, 0.05) is 18.2 Å². The molecule has 0 aliphatic rings.